The summed E-state index contributed by atoms with van der Waals surface area (Å²) in [4.78, 5) is 12.5. The quantitative estimate of drug-likeness (QED) is 0.762. The van der Waals surface area contributed by atoms with Crippen LogP contribution in [0.15, 0.2) is 41.3 Å². The van der Waals surface area contributed by atoms with Gasteiger partial charge in [0, 0.05) is 25.5 Å². The van der Waals surface area contributed by atoms with Crippen LogP contribution in [-0.4, -0.2) is 39.3 Å². The summed E-state index contributed by atoms with van der Waals surface area (Å²) in [6.45, 7) is 5.83. The molecule has 0 atom stereocenters. The number of amides is 1. The van der Waals surface area contributed by atoms with Gasteiger partial charge in [0.1, 0.15) is 0 Å². The second-order valence-corrected chi connectivity index (χ2v) is 8.76. The Hall–Kier alpha value is -2.38. The van der Waals surface area contributed by atoms with Crippen molar-refractivity contribution in [3.8, 4) is 0 Å². The lowest BCUT2D eigenvalue weighted by Crippen LogP contribution is -2.24. The van der Waals surface area contributed by atoms with E-state index < -0.39 is 10.0 Å². The normalized spacial score (nSPS) is 11.5. The highest BCUT2D eigenvalue weighted by Gasteiger charge is 2.19. The number of para-hydroxylation sites is 1. The Bertz CT molecular complexity index is 937. The Morgan fingerprint density at radius 1 is 1.07 bits per heavy atom. The number of carbonyl (C=O) groups is 1. The zero-order chi connectivity index (χ0) is 20.2. The van der Waals surface area contributed by atoms with E-state index in [1.807, 2.05) is 45.0 Å². The van der Waals surface area contributed by atoms with Gasteiger partial charge in [0.25, 0.3) is 0 Å². The summed E-state index contributed by atoms with van der Waals surface area (Å²) in [5, 5.41) is 5.97. The molecular formula is C20H27N3O3S. The van der Waals surface area contributed by atoms with Crippen molar-refractivity contribution in [3.05, 3.63) is 53.1 Å². The molecule has 6 nitrogen and oxygen atoms in total. The van der Waals surface area contributed by atoms with Gasteiger partial charge in [-0.1, -0.05) is 25.1 Å². The first kappa shape index (κ1) is 20.9. The van der Waals surface area contributed by atoms with Crippen LogP contribution in [0.5, 0.6) is 0 Å². The predicted molar refractivity (Wildman–Crippen MR) is 110 cm³/mol. The minimum absolute atomic E-state index is 0.0454. The van der Waals surface area contributed by atoms with E-state index in [1.54, 1.807) is 12.1 Å². The molecule has 0 fully saturated rings. The van der Waals surface area contributed by atoms with E-state index in [4.69, 9.17) is 0 Å². The standard InChI is InChI=1S/C20H27N3O3S/c1-6-16-9-7-8-10-18(16)22-20(24)13-21-19-12-17(11-14(2)15(19)3)27(25,26)23(4)5/h7-12,21H,6,13H2,1-5H3,(H,22,24). The van der Waals surface area contributed by atoms with E-state index in [2.05, 4.69) is 10.6 Å². The van der Waals surface area contributed by atoms with Crippen molar-refractivity contribution in [2.24, 2.45) is 0 Å². The van der Waals surface area contributed by atoms with Crippen LogP contribution in [0.3, 0.4) is 0 Å². The maximum absolute atomic E-state index is 12.4. The third-order valence-electron chi connectivity index (χ3n) is 4.53. The van der Waals surface area contributed by atoms with Crippen LogP contribution in [-0.2, 0) is 21.2 Å². The highest BCUT2D eigenvalue weighted by Crippen LogP contribution is 2.25. The van der Waals surface area contributed by atoms with Gasteiger partial charge < -0.3 is 10.6 Å². The summed E-state index contributed by atoms with van der Waals surface area (Å²) in [6.07, 6.45) is 0.826. The van der Waals surface area contributed by atoms with Crippen LogP contribution in [0, 0.1) is 13.8 Å². The number of sulfonamides is 1. The van der Waals surface area contributed by atoms with E-state index in [0.717, 1.165) is 28.8 Å². The molecule has 146 valence electrons. The SMILES string of the molecule is CCc1ccccc1NC(=O)CNc1cc(S(=O)(=O)N(C)C)cc(C)c1C. The molecule has 27 heavy (non-hydrogen) atoms. The van der Waals surface area contributed by atoms with Crippen LogP contribution in [0.4, 0.5) is 11.4 Å². The number of aryl methyl sites for hydroxylation is 2. The van der Waals surface area contributed by atoms with Crippen molar-refractivity contribution < 1.29 is 13.2 Å². The van der Waals surface area contributed by atoms with Crippen LogP contribution >= 0.6 is 0 Å². The first-order chi connectivity index (χ1) is 12.7. The minimum atomic E-state index is -3.54. The molecule has 0 aliphatic carbocycles. The summed E-state index contributed by atoms with van der Waals surface area (Å²) in [5.41, 5.74) is 4.25. The van der Waals surface area contributed by atoms with Crippen LogP contribution in [0.1, 0.15) is 23.6 Å². The number of hydrogen-bond acceptors (Lipinski definition) is 4. The van der Waals surface area contributed by atoms with Crippen molar-refractivity contribution in [1.29, 1.82) is 0 Å². The molecule has 2 rings (SSSR count). The largest absolute Gasteiger partial charge is 0.376 e. The monoisotopic (exact) mass is 389 g/mol. The van der Waals surface area contributed by atoms with Gasteiger partial charge in [-0.15, -0.1) is 0 Å². The lowest BCUT2D eigenvalue weighted by Gasteiger charge is -2.17. The van der Waals surface area contributed by atoms with Gasteiger partial charge >= 0.3 is 0 Å². The molecule has 0 aliphatic heterocycles. The molecule has 0 aliphatic rings. The van der Waals surface area contributed by atoms with Gasteiger partial charge in [-0.25, -0.2) is 12.7 Å². The van der Waals surface area contributed by atoms with Gasteiger partial charge in [-0.3, -0.25) is 4.79 Å². The molecule has 0 saturated heterocycles. The van der Waals surface area contributed by atoms with Crippen LogP contribution in [0.25, 0.3) is 0 Å². The molecule has 0 heterocycles. The lowest BCUT2D eigenvalue weighted by atomic mass is 10.1. The van der Waals surface area contributed by atoms with Crippen molar-refractivity contribution in [3.63, 3.8) is 0 Å². The summed E-state index contributed by atoms with van der Waals surface area (Å²) in [6, 6.07) is 10.9. The van der Waals surface area contributed by atoms with Gasteiger partial charge in [0.05, 0.1) is 11.4 Å². The molecule has 0 radical (unpaired) electrons. The van der Waals surface area contributed by atoms with Gasteiger partial charge in [0.15, 0.2) is 0 Å². The number of nitrogens with one attached hydrogen (secondary N) is 2. The van der Waals surface area contributed by atoms with Crippen LogP contribution < -0.4 is 10.6 Å². The van der Waals surface area contributed by atoms with Crippen LogP contribution in [0.2, 0.25) is 0 Å². The zero-order valence-corrected chi connectivity index (χ0v) is 17.3. The second kappa shape index (κ2) is 8.54. The first-order valence-corrected chi connectivity index (χ1v) is 10.3. The van der Waals surface area contributed by atoms with Gasteiger partial charge in [-0.2, -0.15) is 0 Å². The topological polar surface area (TPSA) is 78.5 Å². The van der Waals surface area contributed by atoms with Gasteiger partial charge in [0.2, 0.25) is 15.9 Å². The fourth-order valence-corrected chi connectivity index (χ4v) is 3.70. The molecule has 2 aromatic rings. The molecule has 7 heteroatoms. The molecule has 2 aromatic carbocycles. The average molecular weight is 390 g/mol. The zero-order valence-electron chi connectivity index (χ0n) is 16.5. The van der Waals surface area contributed by atoms with Crippen molar-refractivity contribution in [2.75, 3.05) is 31.3 Å². The number of rotatable bonds is 7. The van der Waals surface area contributed by atoms with E-state index in [9.17, 15) is 13.2 Å². The van der Waals surface area contributed by atoms with Crippen molar-refractivity contribution >= 4 is 27.3 Å². The number of nitrogens with zero attached hydrogens (tertiary/aromatic N) is 1. The molecule has 0 saturated carbocycles. The maximum Gasteiger partial charge on any atom is 0.243 e. The number of benzene rings is 2. The van der Waals surface area contributed by atoms with Crippen molar-refractivity contribution in [2.45, 2.75) is 32.1 Å². The molecule has 0 aromatic heterocycles. The Kier molecular flexibility index (Phi) is 6.62. The van der Waals surface area contributed by atoms with E-state index in [1.165, 1.54) is 18.4 Å². The summed E-state index contributed by atoms with van der Waals surface area (Å²) < 4.78 is 26.0. The number of carbonyl (C=O) groups excluding carboxylic acids is 1. The first-order valence-electron chi connectivity index (χ1n) is 8.82. The summed E-state index contributed by atoms with van der Waals surface area (Å²) in [7, 11) is -0.549. The summed E-state index contributed by atoms with van der Waals surface area (Å²) >= 11 is 0. The Balaban J connectivity index is 2.18. The number of hydrogen-bond donors (Lipinski definition) is 2. The highest BCUT2D eigenvalue weighted by molar-refractivity contribution is 7.89. The highest BCUT2D eigenvalue weighted by atomic mass is 32.2. The molecule has 0 bridgehead atoms. The van der Waals surface area contributed by atoms with E-state index in [0.29, 0.717) is 5.69 Å². The van der Waals surface area contributed by atoms with Crippen molar-refractivity contribution in [1.82, 2.24) is 4.31 Å². The summed E-state index contributed by atoms with van der Waals surface area (Å²) in [5.74, 6) is -0.186. The fourth-order valence-electron chi connectivity index (χ4n) is 2.69. The minimum Gasteiger partial charge on any atom is -0.376 e. The lowest BCUT2D eigenvalue weighted by molar-refractivity contribution is -0.114. The van der Waals surface area contributed by atoms with E-state index in [-0.39, 0.29) is 17.3 Å². The van der Waals surface area contributed by atoms with E-state index >= 15 is 0 Å². The molecule has 1 amide bonds. The molecule has 0 spiro atoms. The average Bonchev–Trinajstić information content (AvgIpc) is 2.63. The smallest absolute Gasteiger partial charge is 0.243 e. The second-order valence-electron chi connectivity index (χ2n) is 6.61. The Labute approximate surface area is 161 Å². The fraction of sp³-hybridized carbons (Fsp3) is 0.350. The molecule has 0 unspecified atom stereocenters. The maximum atomic E-state index is 12.4. The third-order valence-corrected chi connectivity index (χ3v) is 6.32. The molecular weight excluding hydrogens is 362 g/mol. The molecule has 2 N–H and O–H groups in total. The Morgan fingerprint density at radius 3 is 2.37 bits per heavy atom. The van der Waals surface area contributed by atoms with Gasteiger partial charge in [-0.05, 0) is 55.2 Å². The Morgan fingerprint density at radius 2 is 1.74 bits per heavy atom. The predicted octanol–water partition coefficient (Wildman–Crippen LogP) is 3.17. The third kappa shape index (κ3) is 4.87. The number of anilines is 2.